The molecule has 76 valence electrons. The number of nitrogens with two attached hydrogens (primary N) is 1. The van der Waals surface area contributed by atoms with Gasteiger partial charge in [-0.3, -0.25) is 0 Å². The molecule has 1 aliphatic rings. The molecule has 1 heterocycles. The quantitative estimate of drug-likeness (QED) is 0.731. The van der Waals surface area contributed by atoms with Crippen LogP contribution >= 0.6 is 0 Å². The van der Waals surface area contributed by atoms with E-state index < -0.39 is 0 Å². The summed E-state index contributed by atoms with van der Waals surface area (Å²) in [5, 5.41) is 9.98. The summed E-state index contributed by atoms with van der Waals surface area (Å²) in [6.07, 6.45) is 1.69. The van der Waals surface area contributed by atoms with Crippen molar-refractivity contribution >= 4 is 5.69 Å². The SMILES string of the molecule is CN1CCc2c1ccc(CCN)c2O. The minimum absolute atomic E-state index is 0.456. The fourth-order valence-corrected chi connectivity index (χ4v) is 2.04. The highest BCUT2D eigenvalue weighted by Crippen LogP contribution is 2.36. The number of phenols is 1. The number of rotatable bonds is 2. The van der Waals surface area contributed by atoms with Crippen LogP contribution in [0.5, 0.6) is 5.75 Å². The highest BCUT2D eigenvalue weighted by atomic mass is 16.3. The van der Waals surface area contributed by atoms with Gasteiger partial charge in [0.15, 0.2) is 0 Å². The molecule has 0 aliphatic carbocycles. The lowest BCUT2D eigenvalue weighted by Crippen LogP contribution is -2.12. The zero-order valence-electron chi connectivity index (χ0n) is 8.45. The highest BCUT2D eigenvalue weighted by molar-refractivity contribution is 5.64. The Hall–Kier alpha value is -1.22. The monoisotopic (exact) mass is 192 g/mol. The number of anilines is 1. The van der Waals surface area contributed by atoms with Gasteiger partial charge in [-0.05, 0) is 31.0 Å². The number of phenolic OH excluding ortho intramolecular Hbond substituents is 1. The van der Waals surface area contributed by atoms with Crippen LogP contribution in [-0.4, -0.2) is 25.2 Å². The second kappa shape index (κ2) is 3.50. The minimum Gasteiger partial charge on any atom is -0.507 e. The molecule has 1 aromatic rings. The van der Waals surface area contributed by atoms with Crippen molar-refractivity contribution in [1.29, 1.82) is 0 Å². The second-order valence-corrected chi connectivity index (χ2v) is 3.78. The Morgan fingerprint density at radius 2 is 2.29 bits per heavy atom. The maximum Gasteiger partial charge on any atom is 0.124 e. The second-order valence-electron chi connectivity index (χ2n) is 3.78. The Labute approximate surface area is 84.1 Å². The van der Waals surface area contributed by atoms with Crippen LogP contribution in [-0.2, 0) is 12.8 Å². The van der Waals surface area contributed by atoms with E-state index in [9.17, 15) is 5.11 Å². The van der Waals surface area contributed by atoms with Gasteiger partial charge in [0.1, 0.15) is 5.75 Å². The normalized spacial score (nSPS) is 14.6. The molecule has 0 bridgehead atoms. The van der Waals surface area contributed by atoms with E-state index in [2.05, 4.69) is 11.0 Å². The Balaban J connectivity index is 2.42. The lowest BCUT2D eigenvalue weighted by Gasteiger charge is -2.13. The summed E-state index contributed by atoms with van der Waals surface area (Å²) >= 11 is 0. The Bertz CT molecular complexity index is 349. The number of fused-ring (bicyclic) bond motifs is 1. The third-order valence-electron chi connectivity index (χ3n) is 2.86. The molecule has 0 unspecified atom stereocenters. The smallest absolute Gasteiger partial charge is 0.124 e. The van der Waals surface area contributed by atoms with Crippen LogP contribution in [0.15, 0.2) is 12.1 Å². The van der Waals surface area contributed by atoms with Crippen molar-refractivity contribution in [3.05, 3.63) is 23.3 Å². The summed E-state index contributed by atoms with van der Waals surface area (Å²) in [6.45, 7) is 1.58. The summed E-state index contributed by atoms with van der Waals surface area (Å²) in [5.74, 6) is 0.456. The van der Waals surface area contributed by atoms with Crippen LogP contribution in [0.1, 0.15) is 11.1 Å². The third-order valence-corrected chi connectivity index (χ3v) is 2.86. The minimum atomic E-state index is 0.456. The number of aromatic hydroxyl groups is 1. The van der Waals surface area contributed by atoms with Crippen LogP contribution in [0.4, 0.5) is 5.69 Å². The number of likely N-dealkylation sites (N-methyl/N-ethyl adjacent to an activating group) is 1. The molecule has 0 amide bonds. The first-order valence-electron chi connectivity index (χ1n) is 4.99. The lowest BCUT2D eigenvalue weighted by atomic mass is 10.0. The average Bonchev–Trinajstić information content (AvgIpc) is 2.54. The summed E-state index contributed by atoms with van der Waals surface area (Å²) in [5.41, 5.74) is 8.69. The van der Waals surface area contributed by atoms with Crippen LogP contribution in [0.25, 0.3) is 0 Å². The van der Waals surface area contributed by atoms with Crippen LogP contribution < -0.4 is 10.6 Å². The van der Waals surface area contributed by atoms with Crippen LogP contribution in [0, 0.1) is 0 Å². The molecule has 0 spiro atoms. The molecule has 0 saturated heterocycles. The van der Waals surface area contributed by atoms with Gasteiger partial charge in [-0.1, -0.05) is 6.07 Å². The Morgan fingerprint density at radius 3 is 3.00 bits per heavy atom. The molecular formula is C11H16N2O. The zero-order chi connectivity index (χ0) is 10.1. The predicted octanol–water partition coefficient (Wildman–Crippen LogP) is 0.886. The van der Waals surface area contributed by atoms with Crippen molar-refractivity contribution in [2.45, 2.75) is 12.8 Å². The van der Waals surface area contributed by atoms with Gasteiger partial charge in [-0.2, -0.15) is 0 Å². The van der Waals surface area contributed by atoms with E-state index in [1.54, 1.807) is 0 Å². The molecule has 1 aliphatic heterocycles. The van der Waals surface area contributed by atoms with Crippen molar-refractivity contribution in [3.8, 4) is 5.75 Å². The standard InChI is InChI=1S/C11H16N2O/c1-13-7-5-9-10(13)3-2-8(4-6-12)11(9)14/h2-3,14H,4-7,12H2,1H3. The van der Waals surface area contributed by atoms with Gasteiger partial charge >= 0.3 is 0 Å². The first kappa shape index (κ1) is 9.34. The van der Waals surface area contributed by atoms with Gasteiger partial charge in [0.2, 0.25) is 0 Å². The maximum atomic E-state index is 9.98. The Kier molecular flexibility index (Phi) is 2.33. The van der Waals surface area contributed by atoms with Gasteiger partial charge < -0.3 is 15.7 Å². The van der Waals surface area contributed by atoms with Crippen molar-refractivity contribution in [3.63, 3.8) is 0 Å². The van der Waals surface area contributed by atoms with E-state index in [1.165, 1.54) is 0 Å². The van der Waals surface area contributed by atoms with Crippen molar-refractivity contribution in [1.82, 2.24) is 0 Å². The van der Waals surface area contributed by atoms with Gasteiger partial charge in [-0.25, -0.2) is 0 Å². The topological polar surface area (TPSA) is 49.5 Å². The molecule has 1 aromatic carbocycles. The summed E-state index contributed by atoms with van der Waals surface area (Å²) in [4.78, 5) is 2.17. The molecule has 0 aromatic heterocycles. The van der Waals surface area contributed by atoms with E-state index >= 15 is 0 Å². The van der Waals surface area contributed by atoms with Crippen molar-refractivity contribution < 1.29 is 5.11 Å². The fourth-order valence-electron chi connectivity index (χ4n) is 2.04. The van der Waals surface area contributed by atoms with E-state index in [-0.39, 0.29) is 0 Å². The lowest BCUT2D eigenvalue weighted by molar-refractivity contribution is 0.463. The van der Waals surface area contributed by atoms with E-state index in [0.29, 0.717) is 12.3 Å². The number of hydrogen-bond acceptors (Lipinski definition) is 3. The molecule has 3 nitrogen and oxygen atoms in total. The first-order valence-corrected chi connectivity index (χ1v) is 4.99. The summed E-state index contributed by atoms with van der Waals surface area (Å²) in [6, 6.07) is 4.05. The van der Waals surface area contributed by atoms with Gasteiger partial charge in [0.25, 0.3) is 0 Å². The summed E-state index contributed by atoms with van der Waals surface area (Å²) in [7, 11) is 2.05. The number of nitrogens with zero attached hydrogens (tertiary/aromatic N) is 1. The molecule has 0 radical (unpaired) electrons. The number of hydrogen-bond donors (Lipinski definition) is 2. The highest BCUT2D eigenvalue weighted by Gasteiger charge is 2.20. The van der Waals surface area contributed by atoms with E-state index in [4.69, 9.17) is 5.73 Å². The molecule has 3 heteroatoms. The fraction of sp³-hybridized carbons (Fsp3) is 0.455. The largest absolute Gasteiger partial charge is 0.507 e. The van der Waals surface area contributed by atoms with Crippen molar-refractivity contribution in [2.75, 3.05) is 25.0 Å². The van der Waals surface area contributed by atoms with Crippen LogP contribution in [0.2, 0.25) is 0 Å². The van der Waals surface area contributed by atoms with Gasteiger partial charge in [-0.15, -0.1) is 0 Å². The number of benzene rings is 1. The summed E-state index contributed by atoms with van der Waals surface area (Å²) < 4.78 is 0. The van der Waals surface area contributed by atoms with E-state index in [0.717, 1.165) is 36.2 Å². The molecule has 0 fully saturated rings. The molecule has 3 N–H and O–H groups in total. The van der Waals surface area contributed by atoms with E-state index in [1.807, 2.05) is 13.1 Å². The molecular weight excluding hydrogens is 176 g/mol. The zero-order valence-corrected chi connectivity index (χ0v) is 8.45. The van der Waals surface area contributed by atoms with Crippen LogP contribution in [0.3, 0.4) is 0 Å². The maximum absolute atomic E-state index is 9.98. The van der Waals surface area contributed by atoms with Crippen molar-refractivity contribution in [2.24, 2.45) is 5.73 Å². The van der Waals surface area contributed by atoms with Gasteiger partial charge in [0, 0.05) is 24.8 Å². The molecule has 0 atom stereocenters. The molecule has 0 saturated carbocycles. The average molecular weight is 192 g/mol. The molecule has 2 rings (SSSR count). The van der Waals surface area contributed by atoms with Gasteiger partial charge in [0.05, 0.1) is 0 Å². The third kappa shape index (κ3) is 1.34. The molecule has 14 heavy (non-hydrogen) atoms. The Morgan fingerprint density at radius 1 is 1.50 bits per heavy atom. The first-order chi connectivity index (χ1) is 6.74. The predicted molar refractivity (Wildman–Crippen MR) is 57.8 cm³/mol.